The summed E-state index contributed by atoms with van der Waals surface area (Å²) < 4.78 is 10.8. The molecule has 0 spiro atoms. The Morgan fingerprint density at radius 3 is 2.37 bits per heavy atom. The van der Waals surface area contributed by atoms with Gasteiger partial charge in [-0.1, -0.05) is 36.8 Å². The summed E-state index contributed by atoms with van der Waals surface area (Å²) in [5, 5.41) is 2.90. The lowest BCUT2D eigenvalue weighted by atomic mass is 10.1. The van der Waals surface area contributed by atoms with Crippen LogP contribution in [0.1, 0.15) is 34.0 Å². The van der Waals surface area contributed by atoms with Crippen LogP contribution in [0.25, 0.3) is 0 Å². The lowest BCUT2D eigenvalue weighted by molar-refractivity contribution is -0.136. The van der Waals surface area contributed by atoms with Crippen molar-refractivity contribution in [1.82, 2.24) is 0 Å². The number of ether oxygens (including phenoxy) is 2. The predicted octanol–water partition coefficient (Wildman–Crippen LogP) is 5.10. The Morgan fingerprint density at radius 2 is 1.67 bits per heavy atom. The quantitative estimate of drug-likeness (QED) is 0.440. The third-order valence-corrected chi connectivity index (χ3v) is 4.64. The summed E-state index contributed by atoms with van der Waals surface area (Å²) in [7, 11) is 0. The largest absolute Gasteiger partial charge is 0.482 e. The third kappa shape index (κ3) is 5.70. The van der Waals surface area contributed by atoms with Crippen LogP contribution >= 0.6 is 0 Å². The molecule has 1 amide bonds. The van der Waals surface area contributed by atoms with Gasteiger partial charge in [-0.05, 0) is 73.9 Å². The highest BCUT2D eigenvalue weighted by molar-refractivity contribution is 6.04. The van der Waals surface area contributed by atoms with E-state index in [-0.39, 0.29) is 12.5 Å². The van der Waals surface area contributed by atoms with E-state index >= 15 is 0 Å². The van der Waals surface area contributed by atoms with Gasteiger partial charge in [0.05, 0.1) is 0 Å². The topological polar surface area (TPSA) is 64.6 Å². The molecule has 0 aliphatic rings. The van der Waals surface area contributed by atoms with E-state index in [0.717, 1.165) is 28.8 Å². The molecule has 0 heterocycles. The fourth-order valence-corrected chi connectivity index (χ4v) is 2.98. The number of carbonyl (C=O) groups is 2. The molecule has 0 aromatic heterocycles. The van der Waals surface area contributed by atoms with Gasteiger partial charge >= 0.3 is 5.97 Å². The van der Waals surface area contributed by atoms with Gasteiger partial charge in [0.1, 0.15) is 11.5 Å². The second-order valence-corrected chi connectivity index (χ2v) is 7.06. The number of hydrogen-bond acceptors (Lipinski definition) is 4. The van der Waals surface area contributed by atoms with Gasteiger partial charge in [-0.3, -0.25) is 4.79 Å². The molecule has 0 aliphatic carbocycles. The summed E-state index contributed by atoms with van der Waals surface area (Å²) in [6, 6.07) is 19.9. The summed E-state index contributed by atoms with van der Waals surface area (Å²) in [4.78, 5) is 24.5. The van der Waals surface area contributed by atoms with Crippen LogP contribution in [-0.2, 0) is 11.2 Å². The molecule has 0 unspecified atom stereocenters. The van der Waals surface area contributed by atoms with Gasteiger partial charge in [0.15, 0.2) is 6.61 Å². The monoisotopic (exact) mass is 403 g/mol. The van der Waals surface area contributed by atoms with E-state index in [1.54, 1.807) is 30.3 Å². The van der Waals surface area contributed by atoms with Gasteiger partial charge < -0.3 is 14.8 Å². The number of esters is 1. The Bertz CT molecular complexity index is 1040. The molecule has 30 heavy (non-hydrogen) atoms. The summed E-state index contributed by atoms with van der Waals surface area (Å²) in [5.74, 6) is 0.252. The molecule has 0 bridgehead atoms. The fraction of sp³-hybridized carbons (Fsp3) is 0.200. The maximum atomic E-state index is 12.5. The highest BCUT2D eigenvalue weighted by Gasteiger charge is 2.10. The smallest absolute Gasteiger partial charge is 0.349 e. The van der Waals surface area contributed by atoms with E-state index in [1.807, 2.05) is 50.2 Å². The van der Waals surface area contributed by atoms with Crippen LogP contribution < -0.4 is 14.8 Å². The van der Waals surface area contributed by atoms with E-state index in [1.165, 1.54) is 0 Å². The van der Waals surface area contributed by atoms with Crippen LogP contribution in [0.4, 0.5) is 5.69 Å². The number of rotatable bonds is 7. The van der Waals surface area contributed by atoms with Gasteiger partial charge in [-0.25, -0.2) is 4.79 Å². The number of carbonyl (C=O) groups excluding carboxylic acids is 2. The van der Waals surface area contributed by atoms with E-state index in [2.05, 4.69) is 12.2 Å². The Morgan fingerprint density at radius 1 is 0.900 bits per heavy atom. The van der Waals surface area contributed by atoms with E-state index in [4.69, 9.17) is 9.47 Å². The predicted molar refractivity (Wildman–Crippen MR) is 117 cm³/mol. The molecule has 0 fully saturated rings. The molecule has 0 radical (unpaired) electrons. The molecule has 3 aromatic carbocycles. The van der Waals surface area contributed by atoms with Crippen LogP contribution in [0.3, 0.4) is 0 Å². The highest BCUT2D eigenvalue weighted by atomic mass is 16.6. The Balaban J connectivity index is 1.54. The first-order valence-electron chi connectivity index (χ1n) is 9.85. The number of hydrogen-bond donors (Lipinski definition) is 1. The molecule has 1 N–H and O–H groups in total. The Hall–Kier alpha value is -3.60. The molecular formula is C25H25NO4. The number of anilines is 1. The first-order chi connectivity index (χ1) is 14.4. The summed E-state index contributed by atoms with van der Waals surface area (Å²) in [6.45, 7) is 5.82. The lowest BCUT2D eigenvalue weighted by Crippen LogP contribution is -2.18. The van der Waals surface area contributed by atoms with E-state index < -0.39 is 5.97 Å². The average Bonchev–Trinajstić information content (AvgIpc) is 2.75. The van der Waals surface area contributed by atoms with Gasteiger partial charge in [0.2, 0.25) is 0 Å². The molecule has 5 nitrogen and oxygen atoms in total. The maximum Gasteiger partial charge on any atom is 0.349 e. The average molecular weight is 403 g/mol. The van der Waals surface area contributed by atoms with Gasteiger partial charge in [0, 0.05) is 11.3 Å². The van der Waals surface area contributed by atoms with Crippen molar-refractivity contribution in [3.05, 3.63) is 89.0 Å². The third-order valence-electron chi connectivity index (χ3n) is 4.64. The van der Waals surface area contributed by atoms with E-state index in [9.17, 15) is 9.59 Å². The van der Waals surface area contributed by atoms with Gasteiger partial charge in [-0.2, -0.15) is 0 Å². The Kier molecular flexibility index (Phi) is 6.86. The second kappa shape index (κ2) is 9.74. The first kappa shape index (κ1) is 21.1. The zero-order chi connectivity index (χ0) is 21.5. The van der Waals surface area contributed by atoms with Gasteiger partial charge in [0.25, 0.3) is 5.91 Å². The maximum absolute atomic E-state index is 12.5. The standard InChI is InChI=1S/C25H25NO4/c1-4-19-6-5-7-22(15-19)29-16-24(27)30-21-11-9-20(10-12-21)25(28)26-23-13-8-17(2)14-18(23)3/h5-15H,4,16H2,1-3H3,(H,26,28). The number of amides is 1. The van der Waals surface area contributed by atoms with Gasteiger partial charge in [-0.15, -0.1) is 0 Å². The molecule has 3 rings (SSSR count). The zero-order valence-corrected chi connectivity index (χ0v) is 17.4. The fourth-order valence-electron chi connectivity index (χ4n) is 2.98. The second-order valence-electron chi connectivity index (χ2n) is 7.06. The molecule has 0 atom stereocenters. The van der Waals surface area contributed by atoms with Crippen LogP contribution in [0.2, 0.25) is 0 Å². The summed E-state index contributed by atoms with van der Waals surface area (Å²) >= 11 is 0. The Labute approximate surface area is 176 Å². The lowest BCUT2D eigenvalue weighted by Gasteiger charge is -2.10. The molecule has 154 valence electrons. The minimum atomic E-state index is -0.510. The van der Waals surface area contributed by atoms with Crippen molar-refractivity contribution in [3.8, 4) is 11.5 Å². The SMILES string of the molecule is CCc1cccc(OCC(=O)Oc2ccc(C(=O)Nc3ccc(C)cc3C)cc2)c1. The number of aryl methyl sites for hydroxylation is 3. The molecule has 0 saturated heterocycles. The number of benzene rings is 3. The minimum absolute atomic E-state index is 0.192. The van der Waals surface area contributed by atoms with Crippen molar-refractivity contribution < 1.29 is 19.1 Å². The van der Waals surface area contributed by atoms with Crippen molar-refractivity contribution >= 4 is 17.6 Å². The zero-order valence-electron chi connectivity index (χ0n) is 17.4. The van der Waals surface area contributed by atoms with Crippen LogP contribution in [0.15, 0.2) is 66.7 Å². The molecular weight excluding hydrogens is 378 g/mol. The van der Waals surface area contributed by atoms with Crippen molar-refractivity contribution in [1.29, 1.82) is 0 Å². The van der Waals surface area contributed by atoms with E-state index in [0.29, 0.717) is 17.1 Å². The van der Waals surface area contributed by atoms with Crippen molar-refractivity contribution in [2.45, 2.75) is 27.2 Å². The minimum Gasteiger partial charge on any atom is -0.482 e. The number of nitrogens with one attached hydrogen (secondary N) is 1. The van der Waals surface area contributed by atoms with Crippen LogP contribution in [0.5, 0.6) is 11.5 Å². The summed E-state index contributed by atoms with van der Waals surface area (Å²) in [6.07, 6.45) is 0.894. The highest BCUT2D eigenvalue weighted by Crippen LogP contribution is 2.19. The van der Waals surface area contributed by atoms with Crippen molar-refractivity contribution in [3.63, 3.8) is 0 Å². The molecule has 0 aliphatic heterocycles. The van der Waals surface area contributed by atoms with Crippen molar-refractivity contribution in [2.75, 3.05) is 11.9 Å². The molecule has 5 heteroatoms. The summed E-state index contributed by atoms with van der Waals surface area (Å²) in [5.41, 5.74) is 4.51. The van der Waals surface area contributed by atoms with Crippen molar-refractivity contribution in [2.24, 2.45) is 0 Å². The van der Waals surface area contributed by atoms with Crippen LogP contribution in [-0.4, -0.2) is 18.5 Å². The normalized spacial score (nSPS) is 10.4. The molecule has 0 saturated carbocycles. The molecule has 3 aromatic rings. The van der Waals surface area contributed by atoms with Crippen LogP contribution in [0, 0.1) is 13.8 Å². The first-order valence-corrected chi connectivity index (χ1v) is 9.85.